The van der Waals surface area contributed by atoms with Gasteiger partial charge < -0.3 is 5.32 Å². The lowest BCUT2D eigenvalue weighted by molar-refractivity contribution is -0.385. The zero-order valence-electron chi connectivity index (χ0n) is 13.6. The van der Waals surface area contributed by atoms with E-state index < -0.39 is 10.5 Å². The summed E-state index contributed by atoms with van der Waals surface area (Å²) in [5, 5.41) is 15.9. The maximum absolute atomic E-state index is 12.5. The number of nitrogens with one attached hydrogen (secondary N) is 1. The van der Waals surface area contributed by atoms with Gasteiger partial charge in [0, 0.05) is 17.0 Å². The van der Waals surface area contributed by atoms with Crippen LogP contribution in [-0.4, -0.2) is 15.4 Å². The zero-order chi connectivity index (χ0) is 17.8. The van der Waals surface area contributed by atoms with E-state index in [1.165, 1.54) is 0 Å². The van der Waals surface area contributed by atoms with Crippen molar-refractivity contribution in [2.45, 2.75) is 38.3 Å². The van der Waals surface area contributed by atoms with Crippen LogP contribution in [0.4, 0.5) is 5.69 Å². The van der Waals surface area contributed by atoms with E-state index in [1.807, 2.05) is 17.5 Å². The Hall–Kier alpha value is -2.48. The van der Waals surface area contributed by atoms with E-state index in [-0.39, 0.29) is 24.2 Å². The quantitative estimate of drug-likeness (QED) is 0.632. The Balaban J connectivity index is 1.75. The first-order valence-electron chi connectivity index (χ1n) is 8.22. The van der Waals surface area contributed by atoms with Crippen LogP contribution in [-0.2, 0) is 11.3 Å². The van der Waals surface area contributed by atoms with Gasteiger partial charge in [-0.25, -0.2) is 0 Å². The van der Waals surface area contributed by atoms with Gasteiger partial charge in [-0.15, -0.1) is 11.3 Å². The molecule has 132 valence electrons. The Morgan fingerprint density at radius 2 is 2.12 bits per heavy atom. The molecule has 0 spiro atoms. The molecule has 0 aliphatic heterocycles. The largest absolute Gasteiger partial charge is 0.347 e. The van der Waals surface area contributed by atoms with E-state index in [0.717, 1.165) is 53.5 Å². The minimum absolute atomic E-state index is 0.0654. The Morgan fingerprint density at radius 1 is 1.36 bits per heavy atom. The van der Waals surface area contributed by atoms with Crippen molar-refractivity contribution in [1.82, 2.24) is 9.88 Å². The fourth-order valence-electron chi connectivity index (χ4n) is 3.30. The van der Waals surface area contributed by atoms with Crippen LogP contribution < -0.4 is 10.9 Å². The number of rotatable bonds is 6. The molecule has 8 heteroatoms. The van der Waals surface area contributed by atoms with E-state index in [9.17, 15) is 19.7 Å². The standard InChI is InChI=1S/C17H19N3O4S/c21-15(11-19-10-13(20(23)24)7-8-16(19)22)18-17(12-4-1-2-5-12)14-6-3-9-25-14/h3,6-10,12,17H,1-2,4-5,11H2,(H,18,21)/t17-/m0/s1. The Labute approximate surface area is 148 Å². The van der Waals surface area contributed by atoms with Gasteiger partial charge in [0.05, 0.1) is 17.2 Å². The third-order valence-electron chi connectivity index (χ3n) is 4.53. The van der Waals surface area contributed by atoms with Crippen LogP contribution in [0.5, 0.6) is 0 Å². The molecule has 2 aromatic rings. The molecule has 0 radical (unpaired) electrons. The predicted molar refractivity (Wildman–Crippen MR) is 94.5 cm³/mol. The Kier molecular flexibility index (Phi) is 5.28. The van der Waals surface area contributed by atoms with Gasteiger partial charge in [0.15, 0.2) is 0 Å². The van der Waals surface area contributed by atoms with Crippen LogP contribution in [0, 0.1) is 16.0 Å². The summed E-state index contributed by atoms with van der Waals surface area (Å²) < 4.78 is 1.08. The molecule has 1 aliphatic carbocycles. The fourth-order valence-corrected chi connectivity index (χ4v) is 4.17. The van der Waals surface area contributed by atoms with Crippen molar-refractivity contribution in [1.29, 1.82) is 0 Å². The van der Waals surface area contributed by atoms with Gasteiger partial charge in [-0.3, -0.25) is 24.3 Å². The van der Waals surface area contributed by atoms with Gasteiger partial charge >= 0.3 is 0 Å². The number of pyridine rings is 1. The SMILES string of the molecule is O=C(Cn1cc([N+](=O)[O-])ccc1=O)N[C@H](c1cccs1)C1CCCC1. The van der Waals surface area contributed by atoms with E-state index in [0.29, 0.717) is 5.92 Å². The second-order valence-electron chi connectivity index (χ2n) is 6.22. The monoisotopic (exact) mass is 361 g/mol. The molecule has 1 amide bonds. The van der Waals surface area contributed by atoms with E-state index in [1.54, 1.807) is 11.3 Å². The number of carbonyl (C=O) groups excluding carboxylic acids is 1. The molecular weight excluding hydrogens is 342 g/mol. The lowest BCUT2D eigenvalue weighted by atomic mass is 9.96. The Morgan fingerprint density at radius 3 is 2.76 bits per heavy atom. The molecule has 1 fully saturated rings. The molecule has 1 atom stereocenters. The summed E-state index contributed by atoms with van der Waals surface area (Å²) in [4.78, 5) is 35.7. The van der Waals surface area contributed by atoms with Crippen LogP contribution >= 0.6 is 11.3 Å². The molecular formula is C17H19N3O4S. The number of hydrogen-bond donors (Lipinski definition) is 1. The highest BCUT2D eigenvalue weighted by Gasteiger charge is 2.28. The van der Waals surface area contributed by atoms with Crippen LogP contribution in [0.3, 0.4) is 0 Å². The van der Waals surface area contributed by atoms with Crippen molar-refractivity contribution < 1.29 is 9.72 Å². The zero-order valence-corrected chi connectivity index (χ0v) is 14.4. The summed E-state index contributed by atoms with van der Waals surface area (Å²) in [6.07, 6.45) is 5.57. The molecule has 0 saturated heterocycles. The summed E-state index contributed by atoms with van der Waals surface area (Å²) in [5.74, 6) is 0.0809. The normalized spacial score (nSPS) is 15.8. The van der Waals surface area contributed by atoms with E-state index >= 15 is 0 Å². The van der Waals surface area contributed by atoms with Crippen molar-refractivity contribution >= 4 is 22.9 Å². The van der Waals surface area contributed by atoms with Gasteiger partial charge in [-0.2, -0.15) is 0 Å². The predicted octanol–water partition coefficient (Wildman–Crippen LogP) is 2.87. The second kappa shape index (κ2) is 7.60. The molecule has 2 aromatic heterocycles. The van der Waals surface area contributed by atoms with E-state index in [2.05, 4.69) is 5.32 Å². The van der Waals surface area contributed by atoms with Gasteiger partial charge in [-0.1, -0.05) is 18.9 Å². The molecule has 0 bridgehead atoms. The molecule has 0 aromatic carbocycles. The number of nitrogens with zero attached hydrogens (tertiary/aromatic N) is 2. The molecule has 2 heterocycles. The fraction of sp³-hybridized carbons (Fsp3) is 0.412. The average molecular weight is 361 g/mol. The van der Waals surface area contributed by atoms with Crippen molar-refractivity contribution in [3.63, 3.8) is 0 Å². The summed E-state index contributed by atoms with van der Waals surface area (Å²) >= 11 is 1.60. The second-order valence-corrected chi connectivity index (χ2v) is 7.19. The third kappa shape index (κ3) is 4.14. The number of thiophene rings is 1. The number of aromatic nitrogens is 1. The minimum Gasteiger partial charge on any atom is -0.347 e. The summed E-state index contributed by atoms with van der Waals surface area (Å²) in [7, 11) is 0. The number of nitro groups is 1. The highest BCUT2D eigenvalue weighted by molar-refractivity contribution is 7.10. The molecule has 3 rings (SSSR count). The topological polar surface area (TPSA) is 94.2 Å². The van der Waals surface area contributed by atoms with Gasteiger partial charge in [0.2, 0.25) is 5.91 Å². The molecule has 1 saturated carbocycles. The smallest absolute Gasteiger partial charge is 0.285 e. The number of amides is 1. The molecule has 0 unspecified atom stereocenters. The Bertz CT molecular complexity index is 810. The molecule has 1 N–H and O–H groups in total. The van der Waals surface area contributed by atoms with Crippen LogP contribution in [0.25, 0.3) is 0 Å². The highest BCUT2D eigenvalue weighted by atomic mass is 32.1. The average Bonchev–Trinajstić information content (AvgIpc) is 3.28. The summed E-state index contributed by atoms with van der Waals surface area (Å²) in [5.41, 5.74) is -0.646. The van der Waals surface area contributed by atoms with Gasteiger partial charge in [-0.05, 0) is 30.2 Å². The first kappa shape index (κ1) is 17.3. The highest BCUT2D eigenvalue weighted by Crippen LogP contribution is 2.37. The van der Waals surface area contributed by atoms with Crippen molar-refractivity contribution in [3.8, 4) is 0 Å². The maximum Gasteiger partial charge on any atom is 0.285 e. The first-order chi connectivity index (χ1) is 12.0. The number of hydrogen-bond acceptors (Lipinski definition) is 5. The lowest BCUT2D eigenvalue weighted by Crippen LogP contribution is -2.36. The lowest BCUT2D eigenvalue weighted by Gasteiger charge is -2.24. The van der Waals surface area contributed by atoms with Crippen LogP contribution in [0.1, 0.15) is 36.6 Å². The third-order valence-corrected chi connectivity index (χ3v) is 5.49. The summed E-state index contributed by atoms with van der Waals surface area (Å²) in [6, 6.07) is 6.15. The summed E-state index contributed by atoms with van der Waals surface area (Å²) in [6.45, 7) is -0.227. The molecule has 7 nitrogen and oxygen atoms in total. The van der Waals surface area contributed by atoms with Crippen molar-refractivity contribution in [3.05, 3.63) is 61.2 Å². The van der Waals surface area contributed by atoms with Gasteiger partial charge in [0.25, 0.3) is 11.2 Å². The van der Waals surface area contributed by atoms with Crippen molar-refractivity contribution in [2.75, 3.05) is 0 Å². The van der Waals surface area contributed by atoms with Crippen molar-refractivity contribution in [2.24, 2.45) is 5.92 Å². The molecule has 1 aliphatic rings. The minimum atomic E-state index is -0.583. The first-order valence-corrected chi connectivity index (χ1v) is 9.10. The van der Waals surface area contributed by atoms with Crippen LogP contribution in [0.2, 0.25) is 0 Å². The number of carbonyl (C=O) groups is 1. The van der Waals surface area contributed by atoms with E-state index in [4.69, 9.17) is 0 Å². The van der Waals surface area contributed by atoms with Crippen LogP contribution in [0.15, 0.2) is 40.6 Å². The maximum atomic E-state index is 12.5. The van der Waals surface area contributed by atoms with Gasteiger partial charge in [0.1, 0.15) is 6.54 Å². The molecule has 25 heavy (non-hydrogen) atoms.